The Hall–Kier alpha value is -1.62. The predicted octanol–water partition coefficient (Wildman–Crippen LogP) is 2.87. The average molecular weight is 281 g/mol. The lowest BCUT2D eigenvalue weighted by Gasteiger charge is -2.24. The molecule has 4 nitrogen and oxygen atoms in total. The van der Waals surface area contributed by atoms with Gasteiger partial charge in [0.1, 0.15) is 5.82 Å². The Kier molecular flexibility index (Phi) is 4.95. The number of β-amino-alcohol motifs (C(OH)–C–C–N with tert-alkyl or cyclic N) is 1. The third-order valence-corrected chi connectivity index (χ3v) is 3.47. The van der Waals surface area contributed by atoms with Gasteiger partial charge in [0, 0.05) is 0 Å². The Morgan fingerprint density at radius 2 is 2.35 bits per heavy atom. The molecule has 110 valence electrons. The van der Waals surface area contributed by atoms with Gasteiger partial charge in [0.15, 0.2) is 0 Å². The summed E-state index contributed by atoms with van der Waals surface area (Å²) in [5.74, 6) is -0.344. The number of carbonyl (C=O) groups excluding carboxylic acids is 1. The van der Waals surface area contributed by atoms with E-state index in [9.17, 15) is 14.3 Å². The van der Waals surface area contributed by atoms with Crippen molar-refractivity contribution in [2.45, 2.75) is 38.3 Å². The summed E-state index contributed by atoms with van der Waals surface area (Å²) in [5, 5.41) is 9.78. The van der Waals surface area contributed by atoms with Crippen molar-refractivity contribution in [2.75, 3.05) is 13.2 Å². The molecule has 2 rings (SSSR count). The second-order valence-electron chi connectivity index (χ2n) is 5.08. The van der Waals surface area contributed by atoms with Crippen LogP contribution in [0.25, 0.3) is 0 Å². The van der Waals surface area contributed by atoms with Crippen molar-refractivity contribution in [1.82, 2.24) is 4.90 Å². The van der Waals surface area contributed by atoms with Crippen LogP contribution in [-0.2, 0) is 4.74 Å². The fraction of sp³-hybridized carbons (Fsp3) is 0.533. The smallest absolute Gasteiger partial charge is 0.410 e. The van der Waals surface area contributed by atoms with Gasteiger partial charge >= 0.3 is 6.09 Å². The first-order valence-corrected chi connectivity index (χ1v) is 6.98. The summed E-state index contributed by atoms with van der Waals surface area (Å²) in [6.45, 7) is 2.62. The van der Waals surface area contributed by atoms with Gasteiger partial charge in [-0.15, -0.1) is 0 Å². The van der Waals surface area contributed by atoms with Crippen LogP contribution in [0.4, 0.5) is 9.18 Å². The number of unbranched alkanes of at least 4 members (excludes halogenated alkanes) is 1. The minimum Gasteiger partial charge on any atom is -0.449 e. The van der Waals surface area contributed by atoms with Crippen molar-refractivity contribution in [3.63, 3.8) is 0 Å². The van der Waals surface area contributed by atoms with Crippen molar-refractivity contribution in [2.24, 2.45) is 0 Å². The monoisotopic (exact) mass is 281 g/mol. The molecular weight excluding hydrogens is 261 g/mol. The highest BCUT2D eigenvalue weighted by Crippen LogP contribution is 2.32. The lowest BCUT2D eigenvalue weighted by atomic mass is 10.0. The second-order valence-corrected chi connectivity index (χ2v) is 5.08. The van der Waals surface area contributed by atoms with Crippen LogP contribution in [0, 0.1) is 5.82 Å². The van der Waals surface area contributed by atoms with Crippen molar-refractivity contribution >= 4 is 6.09 Å². The predicted molar refractivity (Wildman–Crippen MR) is 72.7 cm³/mol. The minimum absolute atomic E-state index is 0.228. The van der Waals surface area contributed by atoms with Gasteiger partial charge in [-0.05, 0) is 30.5 Å². The van der Waals surface area contributed by atoms with E-state index in [4.69, 9.17) is 4.74 Å². The largest absolute Gasteiger partial charge is 0.449 e. The van der Waals surface area contributed by atoms with Gasteiger partial charge in [0.05, 0.1) is 25.3 Å². The maximum absolute atomic E-state index is 13.3. The van der Waals surface area contributed by atoms with Crippen LogP contribution < -0.4 is 0 Å². The van der Waals surface area contributed by atoms with E-state index in [1.54, 1.807) is 12.1 Å². The Labute approximate surface area is 118 Å². The molecule has 0 aliphatic carbocycles. The van der Waals surface area contributed by atoms with Crippen molar-refractivity contribution in [3.8, 4) is 0 Å². The van der Waals surface area contributed by atoms with Crippen LogP contribution in [0.15, 0.2) is 24.3 Å². The zero-order valence-corrected chi connectivity index (χ0v) is 11.6. The standard InChI is InChI=1S/C15H20FNO3/c1-2-3-7-20-15(19)17-10-13(18)9-14(17)11-5-4-6-12(16)8-11/h4-6,8,13-14,18H,2-3,7,9-10H2,1H3. The normalized spacial score (nSPS) is 22.1. The van der Waals surface area contributed by atoms with Crippen LogP contribution >= 0.6 is 0 Å². The number of aliphatic hydroxyl groups is 1. The van der Waals surface area contributed by atoms with Gasteiger partial charge in [0.25, 0.3) is 0 Å². The Morgan fingerprint density at radius 1 is 1.55 bits per heavy atom. The molecule has 1 saturated heterocycles. The molecule has 1 amide bonds. The maximum Gasteiger partial charge on any atom is 0.410 e. The number of halogens is 1. The zero-order valence-electron chi connectivity index (χ0n) is 11.6. The number of ether oxygens (including phenoxy) is 1. The zero-order chi connectivity index (χ0) is 14.5. The van der Waals surface area contributed by atoms with Crippen molar-refractivity contribution in [3.05, 3.63) is 35.6 Å². The molecular formula is C15H20FNO3. The lowest BCUT2D eigenvalue weighted by molar-refractivity contribution is 0.0921. The van der Waals surface area contributed by atoms with Crippen LogP contribution in [0.5, 0.6) is 0 Å². The molecule has 0 radical (unpaired) electrons. The Bertz CT molecular complexity index is 466. The molecule has 1 fully saturated rings. The van der Waals surface area contributed by atoms with E-state index in [1.807, 2.05) is 6.92 Å². The van der Waals surface area contributed by atoms with E-state index in [1.165, 1.54) is 17.0 Å². The number of likely N-dealkylation sites (tertiary alicyclic amines) is 1. The fourth-order valence-corrected chi connectivity index (χ4v) is 2.43. The van der Waals surface area contributed by atoms with Gasteiger partial charge < -0.3 is 9.84 Å². The van der Waals surface area contributed by atoms with Crippen LogP contribution in [0.1, 0.15) is 37.8 Å². The molecule has 2 unspecified atom stereocenters. The minimum atomic E-state index is -0.595. The first-order valence-electron chi connectivity index (χ1n) is 6.98. The summed E-state index contributed by atoms with van der Waals surface area (Å²) in [4.78, 5) is 13.5. The first-order chi connectivity index (χ1) is 9.61. The van der Waals surface area contributed by atoms with Crippen LogP contribution in [0.2, 0.25) is 0 Å². The Morgan fingerprint density at radius 3 is 3.05 bits per heavy atom. The second kappa shape index (κ2) is 6.70. The Balaban J connectivity index is 2.08. The van der Waals surface area contributed by atoms with E-state index in [2.05, 4.69) is 0 Å². The third kappa shape index (κ3) is 3.48. The molecule has 1 aliphatic rings. The molecule has 1 aliphatic heterocycles. The van der Waals surface area contributed by atoms with E-state index < -0.39 is 12.2 Å². The SMILES string of the molecule is CCCCOC(=O)N1CC(O)CC1c1cccc(F)c1. The van der Waals surface area contributed by atoms with Gasteiger partial charge in [-0.1, -0.05) is 25.5 Å². The molecule has 20 heavy (non-hydrogen) atoms. The number of carbonyl (C=O) groups is 1. The van der Waals surface area contributed by atoms with E-state index >= 15 is 0 Å². The molecule has 1 heterocycles. The van der Waals surface area contributed by atoms with E-state index in [-0.39, 0.29) is 18.4 Å². The summed E-state index contributed by atoms with van der Waals surface area (Å²) in [5.41, 5.74) is 0.689. The van der Waals surface area contributed by atoms with E-state index in [0.29, 0.717) is 18.6 Å². The van der Waals surface area contributed by atoms with Gasteiger partial charge in [-0.3, -0.25) is 4.90 Å². The number of benzene rings is 1. The molecule has 1 aromatic carbocycles. The van der Waals surface area contributed by atoms with Crippen LogP contribution in [-0.4, -0.2) is 35.4 Å². The summed E-state index contributed by atoms with van der Waals surface area (Å²) in [7, 11) is 0. The highest BCUT2D eigenvalue weighted by atomic mass is 19.1. The van der Waals surface area contributed by atoms with Gasteiger partial charge in [-0.2, -0.15) is 0 Å². The summed E-state index contributed by atoms with van der Waals surface area (Å²) in [6.07, 6.45) is 1.13. The summed E-state index contributed by atoms with van der Waals surface area (Å²) < 4.78 is 18.5. The molecule has 0 aromatic heterocycles. The molecule has 0 bridgehead atoms. The fourth-order valence-electron chi connectivity index (χ4n) is 2.43. The van der Waals surface area contributed by atoms with Crippen molar-refractivity contribution in [1.29, 1.82) is 0 Å². The van der Waals surface area contributed by atoms with Crippen molar-refractivity contribution < 1.29 is 19.0 Å². The molecule has 1 N–H and O–H groups in total. The molecule has 0 saturated carbocycles. The number of nitrogens with zero attached hydrogens (tertiary/aromatic N) is 1. The van der Waals surface area contributed by atoms with Gasteiger partial charge in [0.2, 0.25) is 0 Å². The highest BCUT2D eigenvalue weighted by molar-refractivity contribution is 5.69. The lowest BCUT2D eigenvalue weighted by Crippen LogP contribution is -2.32. The summed E-state index contributed by atoms with van der Waals surface area (Å²) >= 11 is 0. The quantitative estimate of drug-likeness (QED) is 0.863. The summed E-state index contributed by atoms with van der Waals surface area (Å²) in [6, 6.07) is 5.80. The first kappa shape index (κ1) is 14.8. The van der Waals surface area contributed by atoms with Crippen LogP contribution in [0.3, 0.4) is 0 Å². The van der Waals surface area contributed by atoms with Gasteiger partial charge in [-0.25, -0.2) is 9.18 Å². The topological polar surface area (TPSA) is 49.8 Å². The molecule has 1 aromatic rings. The number of amides is 1. The number of hydrogen-bond donors (Lipinski definition) is 1. The average Bonchev–Trinajstić information content (AvgIpc) is 2.81. The number of aliphatic hydroxyl groups excluding tert-OH is 1. The number of hydrogen-bond acceptors (Lipinski definition) is 3. The maximum atomic E-state index is 13.3. The molecule has 0 spiro atoms. The third-order valence-electron chi connectivity index (χ3n) is 3.47. The highest BCUT2D eigenvalue weighted by Gasteiger charge is 2.36. The number of rotatable bonds is 4. The molecule has 2 atom stereocenters. The van der Waals surface area contributed by atoms with E-state index in [0.717, 1.165) is 12.8 Å². The molecule has 5 heteroatoms.